The minimum Gasteiger partial charge on any atom is -0.377 e. The minimum absolute atomic E-state index is 0.00351. The first-order valence-electron chi connectivity index (χ1n) is 7.89. The van der Waals surface area contributed by atoms with Crippen LogP contribution in [-0.4, -0.2) is 53.4 Å². The van der Waals surface area contributed by atoms with E-state index in [-0.39, 0.29) is 38.0 Å². The number of benzene rings is 1. The zero-order chi connectivity index (χ0) is 17.7. The predicted molar refractivity (Wildman–Crippen MR) is 84.6 cm³/mol. The van der Waals surface area contributed by atoms with Gasteiger partial charge in [0, 0.05) is 6.54 Å². The van der Waals surface area contributed by atoms with Crippen molar-refractivity contribution in [3.8, 4) is 0 Å². The van der Waals surface area contributed by atoms with Crippen molar-refractivity contribution < 1.29 is 23.5 Å². The van der Waals surface area contributed by atoms with E-state index in [9.17, 15) is 18.8 Å². The smallest absolute Gasteiger partial charge is 0.333 e. The molecular formula is C17H21FN2O4. The van der Waals surface area contributed by atoms with Crippen LogP contribution in [0.25, 0.3) is 0 Å². The number of hydrogen-bond acceptors (Lipinski definition) is 4. The van der Waals surface area contributed by atoms with Crippen LogP contribution in [0.4, 0.5) is 9.18 Å². The van der Waals surface area contributed by atoms with Crippen molar-refractivity contribution in [2.45, 2.75) is 32.8 Å². The van der Waals surface area contributed by atoms with E-state index in [4.69, 9.17) is 4.74 Å². The Morgan fingerprint density at radius 3 is 2.21 bits per heavy atom. The topological polar surface area (TPSA) is 66.9 Å². The van der Waals surface area contributed by atoms with E-state index in [2.05, 4.69) is 0 Å². The Kier molecular flexibility index (Phi) is 6.03. The highest BCUT2D eigenvalue weighted by molar-refractivity contribution is 6.14. The molecule has 0 radical (unpaired) electrons. The van der Waals surface area contributed by atoms with Gasteiger partial charge in [0.1, 0.15) is 12.2 Å². The van der Waals surface area contributed by atoms with E-state index < -0.39 is 17.8 Å². The molecule has 130 valence electrons. The van der Waals surface area contributed by atoms with E-state index in [1.807, 2.05) is 13.8 Å². The standard InChI is InChI=1S/C17H21FN2O4/c1-12(2)24-10-9-20-16(22)11-15(21)19(17(20)23)8-7-13-3-5-14(18)6-4-13/h3-6,12H,7-11H2,1-2H3. The number of halogens is 1. The SMILES string of the molecule is CC(C)OCCN1C(=O)CC(=O)N(CCc2ccc(F)cc2)C1=O. The van der Waals surface area contributed by atoms with Crippen molar-refractivity contribution in [2.75, 3.05) is 19.7 Å². The van der Waals surface area contributed by atoms with Crippen molar-refractivity contribution >= 4 is 17.8 Å². The van der Waals surface area contributed by atoms with Gasteiger partial charge in [-0.05, 0) is 38.0 Å². The summed E-state index contributed by atoms with van der Waals surface area (Å²) in [6, 6.07) is 5.25. The molecule has 0 atom stereocenters. The third-order valence-electron chi connectivity index (χ3n) is 3.67. The number of urea groups is 1. The summed E-state index contributed by atoms with van der Waals surface area (Å²) in [6.45, 7) is 4.22. The highest BCUT2D eigenvalue weighted by Gasteiger charge is 2.37. The van der Waals surface area contributed by atoms with Gasteiger partial charge in [-0.1, -0.05) is 12.1 Å². The molecule has 7 heteroatoms. The van der Waals surface area contributed by atoms with Crippen molar-refractivity contribution in [1.29, 1.82) is 0 Å². The Morgan fingerprint density at radius 1 is 1.04 bits per heavy atom. The van der Waals surface area contributed by atoms with Gasteiger partial charge in [0.05, 0.1) is 19.3 Å². The number of ether oxygens (including phenoxy) is 1. The third-order valence-corrected chi connectivity index (χ3v) is 3.67. The molecule has 1 aliphatic rings. The number of rotatable bonds is 7. The predicted octanol–water partition coefficient (Wildman–Crippen LogP) is 1.97. The molecule has 1 saturated heterocycles. The second kappa shape index (κ2) is 8.01. The first-order valence-corrected chi connectivity index (χ1v) is 7.89. The summed E-state index contributed by atoms with van der Waals surface area (Å²) in [7, 11) is 0. The van der Waals surface area contributed by atoms with Gasteiger partial charge in [-0.2, -0.15) is 0 Å². The number of amides is 4. The van der Waals surface area contributed by atoms with Crippen LogP contribution in [0.3, 0.4) is 0 Å². The Morgan fingerprint density at radius 2 is 1.62 bits per heavy atom. The maximum Gasteiger partial charge on any atom is 0.333 e. The van der Waals surface area contributed by atoms with Crippen LogP contribution < -0.4 is 0 Å². The Balaban J connectivity index is 1.97. The molecule has 1 heterocycles. The monoisotopic (exact) mass is 336 g/mol. The molecule has 0 bridgehead atoms. The summed E-state index contributed by atoms with van der Waals surface area (Å²) in [4.78, 5) is 38.4. The summed E-state index contributed by atoms with van der Waals surface area (Å²) in [5.74, 6) is -1.35. The lowest BCUT2D eigenvalue weighted by molar-refractivity contribution is -0.143. The summed E-state index contributed by atoms with van der Waals surface area (Å²) < 4.78 is 18.3. The zero-order valence-corrected chi connectivity index (χ0v) is 13.8. The summed E-state index contributed by atoms with van der Waals surface area (Å²) in [5, 5.41) is 0. The molecule has 0 aliphatic carbocycles. The molecule has 24 heavy (non-hydrogen) atoms. The molecule has 0 spiro atoms. The maximum absolute atomic E-state index is 12.9. The fourth-order valence-corrected chi connectivity index (χ4v) is 2.39. The van der Waals surface area contributed by atoms with E-state index in [1.54, 1.807) is 12.1 Å². The molecule has 0 N–H and O–H groups in total. The minimum atomic E-state index is -0.620. The van der Waals surface area contributed by atoms with Crippen molar-refractivity contribution in [1.82, 2.24) is 9.80 Å². The summed E-state index contributed by atoms with van der Waals surface area (Å²) in [5.41, 5.74) is 0.809. The number of carbonyl (C=O) groups excluding carboxylic acids is 3. The second-order valence-corrected chi connectivity index (χ2v) is 5.85. The van der Waals surface area contributed by atoms with Crippen LogP contribution in [0.2, 0.25) is 0 Å². The Labute approximate surface area is 140 Å². The van der Waals surface area contributed by atoms with Crippen LogP contribution in [0.5, 0.6) is 0 Å². The van der Waals surface area contributed by atoms with Crippen LogP contribution in [0.15, 0.2) is 24.3 Å². The van der Waals surface area contributed by atoms with Crippen molar-refractivity contribution in [2.24, 2.45) is 0 Å². The summed E-state index contributed by atoms with van der Waals surface area (Å²) >= 11 is 0. The van der Waals surface area contributed by atoms with Gasteiger partial charge in [-0.15, -0.1) is 0 Å². The number of barbiturate groups is 1. The van der Waals surface area contributed by atoms with E-state index >= 15 is 0 Å². The van der Waals surface area contributed by atoms with Gasteiger partial charge < -0.3 is 4.74 Å². The molecular weight excluding hydrogens is 315 g/mol. The quantitative estimate of drug-likeness (QED) is 0.714. The lowest BCUT2D eigenvalue weighted by atomic mass is 10.1. The maximum atomic E-state index is 12.9. The van der Waals surface area contributed by atoms with Gasteiger partial charge >= 0.3 is 6.03 Å². The zero-order valence-electron chi connectivity index (χ0n) is 13.8. The van der Waals surface area contributed by atoms with Crippen LogP contribution in [-0.2, 0) is 20.7 Å². The van der Waals surface area contributed by atoms with Crippen LogP contribution in [0.1, 0.15) is 25.8 Å². The van der Waals surface area contributed by atoms with Gasteiger partial charge in [-0.25, -0.2) is 9.18 Å². The normalized spacial score (nSPS) is 15.6. The highest BCUT2D eigenvalue weighted by Crippen LogP contribution is 2.14. The van der Waals surface area contributed by atoms with E-state index in [0.717, 1.165) is 15.4 Å². The Hall–Kier alpha value is -2.28. The molecule has 1 fully saturated rings. The second-order valence-electron chi connectivity index (χ2n) is 5.85. The van der Waals surface area contributed by atoms with Crippen LogP contribution in [0, 0.1) is 5.82 Å². The molecule has 6 nitrogen and oxygen atoms in total. The lowest BCUT2D eigenvalue weighted by Gasteiger charge is -2.32. The molecule has 0 unspecified atom stereocenters. The van der Waals surface area contributed by atoms with Gasteiger partial charge in [0.15, 0.2) is 0 Å². The molecule has 1 aromatic carbocycles. The molecule has 1 aliphatic heterocycles. The van der Waals surface area contributed by atoms with Crippen molar-refractivity contribution in [3.05, 3.63) is 35.6 Å². The molecule has 4 amide bonds. The highest BCUT2D eigenvalue weighted by atomic mass is 19.1. The molecule has 0 aromatic heterocycles. The largest absolute Gasteiger partial charge is 0.377 e. The first kappa shape index (κ1) is 18.1. The molecule has 0 saturated carbocycles. The number of imide groups is 2. The number of carbonyl (C=O) groups is 3. The average molecular weight is 336 g/mol. The van der Waals surface area contributed by atoms with Crippen LogP contribution >= 0.6 is 0 Å². The lowest BCUT2D eigenvalue weighted by Crippen LogP contribution is -2.56. The fourth-order valence-electron chi connectivity index (χ4n) is 2.39. The molecule has 1 aromatic rings. The van der Waals surface area contributed by atoms with Gasteiger partial charge in [-0.3, -0.25) is 19.4 Å². The van der Waals surface area contributed by atoms with Gasteiger partial charge in [0.25, 0.3) is 0 Å². The Bertz CT molecular complexity index is 616. The number of hydrogen-bond donors (Lipinski definition) is 0. The van der Waals surface area contributed by atoms with Gasteiger partial charge in [0.2, 0.25) is 11.8 Å². The first-order chi connectivity index (χ1) is 11.4. The van der Waals surface area contributed by atoms with E-state index in [0.29, 0.717) is 6.42 Å². The molecule has 2 rings (SSSR count). The third kappa shape index (κ3) is 4.61. The number of nitrogens with zero attached hydrogens (tertiary/aromatic N) is 2. The average Bonchev–Trinajstić information content (AvgIpc) is 2.51. The van der Waals surface area contributed by atoms with Crippen molar-refractivity contribution in [3.63, 3.8) is 0 Å². The fraction of sp³-hybridized carbons (Fsp3) is 0.471. The van der Waals surface area contributed by atoms with E-state index in [1.165, 1.54) is 12.1 Å². The summed E-state index contributed by atoms with van der Waals surface area (Å²) in [6.07, 6.45) is 0.0789.